The van der Waals surface area contributed by atoms with Crippen LogP contribution in [0.1, 0.15) is 0 Å². The lowest BCUT2D eigenvalue weighted by Gasteiger charge is -2.13. The zero-order valence-corrected chi connectivity index (χ0v) is 14.4. The molecular weight excluding hydrogens is 395 g/mol. The molecule has 0 bridgehead atoms. The Morgan fingerprint density at radius 2 is 1.88 bits per heavy atom. The second-order valence-electron chi connectivity index (χ2n) is 4.97. The molecule has 0 atom stereocenters. The van der Waals surface area contributed by atoms with E-state index in [1.807, 2.05) is 0 Å². The van der Waals surface area contributed by atoms with Gasteiger partial charge in [0.2, 0.25) is 0 Å². The average molecular weight is 406 g/mol. The molecule has 138 valence electrons. The van der Waals surface area contributed by atoms with E-state index in [1.165, 1.54) is 6.07 Å². The number of hydrogen-bond acceptors (Lipinski definition) is 4. The molecule has 2 N–H and O–H groups in total. The predicted octanol–water partition coefficient (Wildman–Crippen LogP) is 5.00. The van der Waals surface area contributed by atoms with Gasteiger partial charge in [-0.15, -0.1) is 0 Å². The third-order valence-electron chi connectivity index (χ3n) is 2.84. The van der Waals surface area contributed by atoms with Gasteiger partial charge >= 0.3 is 6.18 Å². The highest BCUT2D eigenvalue weighted by Gasteiger charge is 2.28. The Bertz CT molecular complexity index is 833. The van der Waals surface area contributed by atoms with E-state index in [-0.39, 0.29) is 16.5 Å². The number of anilines is 2. The highest BCUT2D eigenvalue weighted by Crippen LogP contribution is 2.28. The van der Waals surface area contributed by atoms with E-state index < -0.39 is 23.4 Å². The number of nitrogens with zero attached hydrogens (tertiary/aromatic N) is 1. The van der Waals surface area contributed by atoms with Crippen LogP contribution < -0.4 is 15.4 Å². The van der Waals surface area contributed by atoms with Crippen molar-refractivity contribution in [3.63, 3.8) is 0 Å². The second kappa shape index (κ2) is 8.19. The van der Waals surface area contributed by atoms with E-state index >= 15 is 0 Å². The summed E-state index contributed by atoms with van der Waals surface area (Å²) < 4.78 is 41.4. The molecule has 2 aromatic rings. The maximum absolute atomic E-state index is 12.3. The first-order valence-corrected chi connectivity index (χ1v) is 7.73. The summed E-state index contributed by atoms with van der Waals surface area (Å²) in [5.74, 6) is -0.315. The third kappa shape index (κ3) is 6.37. The van der Waals surface area contributed by atoms with Crippen LogP contribution in [0, 0.1) is 10.1 Å². The lowest BCUT2D eigenvalue weighted by atomic mass is 10.2. The van der Waals surface area contributed by atoms with Crippen LogP contribution in [-0.4, -0.2) is 22.8 Å². The summed E-state index contributed by atoms with van der Waals surface area (Å²) in [5, 5.41) is 16.9. The van der Waals surface area contributed by atoms with E-state index in [4.69, 9.17) is 23.8 Å². The van der Waals surface area contributed by atoms with Crippen molar-refractivity contribution in [3.05, 3.63) is 57.6 Å². The first-order chi connectivity index (χ1) is 12.1. The van der Waals surface area contributed by atoms with E-state index in [1.54, 1.807) is 24.3 Å². The molecule has 0 amide bonds. The van der Waals surface area contributed by atoms with E-state index in [9.17, 15) is 23.3 Å². The van der Waals surface area contributed by atoms with Crippen molar-refractivity contribution < 1.29 is 22.8 Å². The lowest BCUT2D eigenvalue weighted by Crippen LogP contribution is -2.20. The number of alkyl halides is 3. The molecule has 0 aromatic heterocycles. The zero-order chi connectivity index (χ0) is 19.3. The van der Waals surface area contributed by atoms with Crippen molar-refractivity contribution in [2.45, 2.75) is 6.18 Å². The van der Waals surface area contributed by atoms with Crippen LogP contribution in [0.5, 0.6) is 5.75 Å². The molecule has 2 rings (SSSR count). The lowest BCUT2D eigenvalue weighted by molar-refractivity contribution is -0.384. The Labute approximate surface area is 156 Å². The van der Waals surface area contributed by atoms with E-state index in [0.29, 0.717) is 10.7 Å². The van der Waals surface area contributed by atoms with Gasteiger partial charge in [-0.1, -0.05) is 17.7 Å². The van der Waals surface area contributed by atoms with Crippen LogP contribution in [0.2, 0.25) is 5.02 Å². The van der Waals surface area contributed by atoms with Crippen molar-refractivity contribution >= 4 is 46.0 Å². The Morgan fingerprint density at radius 1 is 1.19 bits per heavy atom. The molecule has 6 nitrogen and oxygen atoms in total. The molecule has 0 spiro atoms. The number of hydrogen-bond donors (Lipinski definition) is 2. The molecule has 0 saturated heterocycles. The smallest absolute Gasteiger partial charge is 0.422 e. The first kappa shape index (κ1) is 19.7. The van der Waals surface area contributed by atoms with Crippen LogP contribution in [0.25, 0.3) is 0 Å². The van der Waals surface area contributed by atoms with E-state index in [0.717, 1.165) is 12.1 Å². The normalized spacial score (nSPS) is 10.9. The SMILES string of the molecule is O=[N+]([O-])c1cc(NC(=S)Nc2cccc(Cl)c2)cc(OCC(F)(F)F)c1. The highest BCUT2D eigenvalue weighted by molar-refractivity contribution is 7.80. The Balaban J connectivity index is 2.15. The van der Waals surface area contributed by atoms with Crippen LogP contribution >= 0.6 is 23.8 Å². The summed E-state index contributed by atoms with van der Waals surface area (Å²) in [6.07, 6.45) is -4.57. The highest BCUT2D eigenvalue weighted by atomic mass is 35.5. The number of ether oxygens (including phenoxy) is 1. The minimum absolute atomic E-state index is 0.0644. The number of nitro benzene ring substituents is 1. The van der Waals surface area contributed by atoms with Crippen molar-refractivity contribution in [2.75, 3.05) is 17.2 Å². The molecule has 0 radical (unpaired) electrons. The molecule has 0 aliphatic rings. The maximum atomic E-state index is 12.3. The maximum Gasteiger partial charge on any atom is 0.422 e. The second-order valence-corrected chi connectivity index (χ2v) is 5.81. The topological polar surface area (TPSA) is 76.4 Å². The molecule has 26 heavy (non-hydrogen) atoms. The van der Waals surface area contributed by atoms with Gasteiger partial charge in [-0.3, -0.25) is 10.1 Å². The predicted molar refractivity (Wildman–Crippen MR) is 95.9 cm³/mol. The molecule has 0 aliphatic carbocycles. The Hall–Kier alpha value is -2.59. The van der Waals surface area contributed by atoms with E-state index in [2.05, 4.69) is 15.4 Å². The number of benzene rings is 2. The van der Waals surface area contributed by atoms with Gasteiger partial charge in [0.15, 0.2) is 11.7 Å². The summed E-state index contributed by atoms with van der Waals surface area (Å²) in [4.78, 5) is 10.2. The fourth-order valence-electron chi connectivity index (χ4n) is 1.87. The Morgan fingerprint density at radius 3 is 2.50 bits per heavy atom. The molecule has 0 aliphatic heterocycles. The summed E-state index contributed by atoms with van der Waals surface area (Å²) in [6, 6.07) is 9.81. The molecule has 0 fully saturated rings. The quantitative estimate of drug-likeness (QED) is 0.414. The monoisotopic (exact) mass is 405 g/mol. The number of nitrogens with one attached hydrogen (secondary N) is 2. The average Bonchev–Trinajstić information content (AvgIpc) is 2.52. The van der Waals surface area contributed by atoms with Crippen molar-refractivity contribution in [1.82, 2.24) is 0 Å². The zero-order valence-electron chi connectivity index (χ0n) is 12.8. The van der Waals surface area contributed by atoms with Gasteiger partial charge in [0, 0.05) is 22.8 Å². The van der Waals surface area contributed by atoms with Crippen LogP contribution in [-0.2, 0) is 0 Å². The van der Waals surface area contributed by atoms with Crippen LogP contribution in [0.4, 0.5) is 30.2 Å². The summed E-state index contributed by atoms with van der Waals surface area (Å²) in [6.45, 7) is -1.57. The number of thiocarbonyl (C=S) groups is 1. The van der Waals surface area contributed by atoms with Gasteiger partial charge in [0.05, 0.1) is 16.7 Å². The van der Waals surface area contributed by atoms with Crippen molar-refractivity contribution in [1.29, 1.82) is 0 Å². The van der Waals surface area contributed by atoms with Crippen molar-refractivity contribution in [3.8, 4) is 5.75 Å². The fourth-order valence-corrected chi connectivity index (χ4v) is 2.30. The van der Waals surface area contributed by atoms with Gasteiger partial charge < -0.3 is 15.4 Å². The molecule has 0 saturated carbocycles. The minimum atomic E-state index is -4.57. The standard InChI is InChI=1S/C15H11ClF3N3O3S/c16-9-2-1-3-10(4-9)20-14(26)21-11-5-12(22(23)24)7-13(6-11)25-8-15(17,18)19/h1-7H,8H2,(H2,20,21,26). The van der Waals surface area contributed by atoms with Crippen LogP contribution in [0.15, 0.2) is 42.5 Å². The molecule has 0 unspecified atom stereocenters. The summed E-state index contributed by atoms with van der Waals surface area (Å²) in [7, 11) is 0. The fraction of sp³-hybridized carbons (Fsp3) is 0.133. The Kier molecular flexibility index (Phi) is 6.22. The van der Waals surface area contributed by atoms with Gasteiger partial charge in [0.1, 0.15) is 5.75 Å². The van der Waals surface area contributed by atoms with Gasteiger partial charge in [0.25, 0.3) is 5.69 Å². The van der Waals surface area contributed by atoms with Gasteiger partial charge in [-0.25, -0.2) is 0 Å². The summed E-state index contributed by atoms with van der Waals surface area (Å²) >= 11 is 10.9. The van der Waals surface area contributed by atoms with Crippen molar-refractivity contribution in [2.24, 2.45) is 0 Å². The molecule has 11 heteroatoms. The molecule has 2 aromatic carbocycles. The minimum Gasteiger partial charge on any atom is -0.484 e. The molecule has 0 heterocycles. The third-order valence-corrected chi connectivity index (χ3v) is 3.28. The number of halogens is 4. The first-order valence-electron chi connectivity index (χ1n) is 6.95. The number of rotatable bonds is 5. The molecular formula is C15H11ClF3N3O3S. The number of nitro groups is 1. The summed E-state index contributed by atoms with van der Waals surface area (Å²) in [5.41, 5.74) is 0.211. The van der Waals surface area contributed by atoms with Crippen LogP contribution in [0.3, 0.4) is 0 Å². The van der Waals surface area contributed by atoms with Gasteiger partial charge in [-0.2, -0.15) is 13.2 Å². The largest absolute Gasteiger partial charge is 0.484 e. The van der Waals surface area contributed by atoms with Gasteiger partial charge in [-0.05, 0) is 30.4 Å². The number of non-ortho nitro benzene ring substituents is 1.